The van der Waals surface area contributed by atoms with Gasteiger partial charge in [0.25, 0.3) is 0 Å². The van der Waals surface area contributed by atoms with Crippen LogP contribution in [0.25, 0.3) is 16.9 Å². The summed E-state index contributed by atoms with van der Waals surface area (Å²) < 4.78 is 42.1. The standard InChI is InChI=1S/C20H20F3N3/c1-4-17-18(14-6-5-12(2)13(3)11-14)26(25-19(17)20(21,22)23)16-9-7-15(24)8-10-16/h5-11H,4,24H2,1-3H3. The van der Waals surface area contributed by atoms with Crippen LogP contribution in [0.1, 0.15) is 29.3 Å². The van der Waals surface area contributed by atoms with Crippen molar-refractivity contribution in [2.75, 3.05) is 5.73 Å². The lowest BCUT2D eigenvalue weighted by Gasteiger charge is -2.12. The Labute approximate surface area is 150 Å². The van der Waals surface area contributed by atoms with Crippen molar-refractivity contribution < 1.29 is 13.2 Å². The summed E-state index contributed by atoms with van der Waals surface area (Å²) in [5.74, 6) is 0. The smallest absolute Gasteiger partial charge is 0.399 e. The zero-order valence-electron chi connectivity index (χ0n) is 14.9. The molecule has 0 amide bonds. The Morgan fingerprint density at radius 3 is 2.19 bits per heavy atom. The topological polar surface area (TPSA) is 43.8 Å². The second-order valence-corrected chi connectivity index (χ2v) is 6.33. The number of anilines is 1. The van der Waals surface area contributed by atoms with Gasteiger partial charge in [-0.2, -0.15) is 18.3 Å². The van der Waals surface area contributed by atoms with Crippen molar-refractivity contribution >= 4 is 5.69 Å². The highest BCUT2D eigenvalue weighted by atomic mass is 19.4. The van der Waals surface area contributed by atoms with Crippen LogP contribution in [0.5, 0.6) is 0 Å². The molecule has 0 aliphatic rings. The number of aryl methyl sites for hydroxylation is 2. The van der Waals surface area contributed by atoms with Gasteiger partial charge in [-0.25, -0.2) is 4.68 Å². The molecule has 2 aromatic carbocycles. The van der Waals surface area contributed by atoms with Crippen molar-refractivity contribution in [1.82, 2.24) is 9.78 Å². The van der Waals surface area contributed by atoms with E-state index in [1.54, 1.807) is 31.2 Å². The second kappa shape index (κ2) is 6.52. The van der Waals surface area contributed by atoms with Gasteiger partial charge in [0.1, 0.15) is 0 Å². The lowest BCUT2D eigenvalue weighted by atomic mass is 9.99. The van der Waals surface area contributed by atoms with E-state index in [1.165, 1.54) is 4.68 Å². The van der Waals surface area contributed by atoms with Crippen molar-refractivity contribution in [2.24, 2.45) is 0 Å². The number of aromatic nitrogens is 2. The van der Waals surface area contributed by atoms with E-state index in [4.69, 9.17) is 5.73 Å². The minimum absolute atomic E-state index is 0.192. The molecule has 3 aromatic rings. The SMILES string of the molecule is CCc1c(C(F)(F)F)nn(-c2ccc(N)cc2)c1-c1ccc(C)c(C)c1. The summed E-state index contributed by atoms with van der Waals surface area (Å²) in [5, 5.41) is 3.93. The van der Waals surface area contributed by atoms with E-state index in [-0.39, 0.29) is 12.0 Å². The lowest BCUT2D eigenvalue weighted by Crippen LogP contribution is -2.09. The fraction of sp³-hybridized carbons (Fsp3) is 0.250. The van der Waals surface area contributed by atoms with Gasteiger partial charge in [-0.15, -0.1) is 0 Å². The number of nitrogens with zero attached hydrogens (tertiary/aromatic N) is 2. The maximum atomic E-state index is 13.6. The van der Waals surface area contributed by atoms with Crippen LogP contribution in [-0.2, 0) is 12.6 Å². The monoisotopic (exact) mass is 359 g/mol. The first-order chi connectivity index (χ1) is 12.2. The highest BCUT2D eigenvalue weighted by Crippen LogP contribution is 2.38. The Morgan fingerprint density at radius 2 is 1.65 bits per heavy atom. The van der Waals surface area contributed by atoms with E-state index in [0.29, 0.717) is 22.6 Å². The lowest BCUT2D eigenvalue weighted by molar-refractivity contribution is -0.141. The van der Waals surface area contributed by atoms with Crippen LogP contribution in [0.2, 0.25) is 0 Å². The third-order valence-electron chi connectivity index (χ3n) is 4.52. The quantitative estimate of drug-likeness (QED) is 0.643. The number of hydrogen-bond donors (Lipinski definition) is 1. The van der Waals surface area contributed by atoms with E-state index in [1.807, 2.05) is 32.0 Å². The zero-order valence-corrected chi connectivity index (χ0v) is 14.9. The third-order valence-corrected chi connectivity index (χ3v) is 4.52. The molecule has 0 atom stereocenters. The Hall–Kier alpha value is -2.76. The molecule has 0 unspecified atom stereocenters. The number of rotatable bonds is 3. The average Bonchev–Trinajstić information content (AvgIpc) is 2.98. The zero-order chi connectivity index (χ0) is 19.1. The van der Waals surface area contributed by atoms with Crippen LogP contribution >= 0.6 is 0 Å². The normalized spacial score (nSPS) is 11.8. The molecule has 3 nitrogen and oxygen atoms in total. The van der Waals surface area contributed by atoms with Crippen LogP contribution in [0.4, 0.5) is 18.9 Å². The van der Waals surface area contributed by atoms with Crippen LogP contribution in [0.3, 0.4) is 0 Å². The summed E-state index contributed by atoms with van der Waals surface area (Å²) in [7, 11) is 0. The number of benzene rings is 2. The molecule has 0 spiro atoms. The van der Waals surface area contributed by atoms with Crippen molar-refractivity contribution in [1.29, 1.82) is 0 Å². The minimum Gasteiger partial charge on any atom is -0.399 e. The molecule has 0 fully saturated rings. The van der Waals surface area contributed by atoms with Crippen molar-refractivity contribution in [3.63, 3.8) is 0 Å². The molecule has 0 saturated heterocycles. The molecule has 6 heteroatoms. The van der Waals surface area contributed by atoms with Gasteiger partial charge < -0.3 is 5.73 Å². The Morgan fingerprint density at radius 1 is 1.00 bits per heavy atom. The number of nitrogens with two attached hydrogens (primary N) is 1. The predicted molar refractivity (Wildman–Crippen MR) is 97.3 cm³/mol. The summed E-state index contributed by atoms with van der Waals surface area (Å²) >= 11 is 0. The van der Waals surface area contributed by atoms with Crippen molar-refractivity contribution in [3.8, 4) is 16.9 Å². The maximum absolute atomic E-state index is 13.6. The van der Waals surface area contributed by atoms with Crippen molar-refractivity contribution in [3.05, 3.63) is 64.8 Å². The second-order valence-electron chi connectivity index (χ2n) is 6.33. The summed E-state index contributed by atoms with van der Waals surface area (Å²) in [4.78, 5) is 0. The average molecular weight is 359 g/mol. The molecule has 0 saturated carbocycles. The highest BCUT2D eigenvalue weighted by Gasteiger charge is 2.39. The van der Waals surface area contributed by atoms with E-state index < -0.39 is 11.9 Å². The first kappa shape index (κ1) is 18.0. The van der Waals surface area contributed by atoms with Gasteiger partial charge in [-0.3, -0.25) is 0 Å². The Balaban J connectivity index is 2.33. The summed E-state index contributed by atoms with van der Waals surface area (Å²) in [6, 6.07) is 12.3. The molecule has 1 heterocycles. The molecule has 1 aromatic heterocycles. The number of hydrogen-bond acceptors (Lipinski definition) is 2. The maximum Gasteiger partial charge on any atom is 0.435 e. The number of halogens is 3. The van der Waals surface area contributed by atoms with Gasteiger partial charge >= 0.3 is 6.18 Å². The molecule has 26 heavy (non-hydrogen) atoms. The molecule has 3 rings (SSSR count). The van der Waals surface area contributed by atoms with Gasteiger partial charge in [0.15, 0.2) is 5.69 Å². The van der Waals surface area contributed by atoms with E-state index in [0.717, 1.165) is 11.1 Å². The molecule has 0 radical (unpaired) electrons. The van der Waals surface area contributed by atoms with Crippen LogP contribution in [-0.4, -0.2) is 9.78 Å². The van der Waals surface area contributed by atoms with Gasteiger partial charge in [0.2, 0.25) is 0 Å². The number of nitrogen functional groups attached to an aromatic ring is 1. The summed E-state index contributed by atoms with van der Waals surface area (Å²) in [6.45, 7) is 5.63. The fourth-order valence-electron chi connectivity index (χ4n) is 3.00. The summed E-state index contributed by atoms with van der Waals surface area (Å²) in [6.07, 6.45) is -4.29. The largest absolute Gasteiger partial charge is 0.435 e. The third kappa shape index (κ3) is 3.19. The van der Waals surface area contributed by atoms with Gasteiger partial charge in [0.05, 0.1) is 11.4 Å². The number of alkyl halides is 3. The van der Waals surface area contributed by atoms with Gasteiger partial charge in [-0.05, 0) is 61.7 Å². The fourth-order valence-corrected chi connectivity index (χ4v) is 3.00. The molecule has 2 N–H and O–H groups in total. The van der Waals surface area contributed by atoms with Crippen LogP contribution in [0, 0.1) is 13.8 Å². The Bertz CT molecular complexity index is 938. The first-order valence-corrected chi connectivity index (χ1v) is 8.35. The van der Waals surface area contributed by atoms with E-state index in [9.17, 15) is 13.2 Å². The minimum atomic E-state index is -4.51. The molecular weight excluding hydrogens is 339 g/mol. The highest BCUT2D eigenvalue weighted by molar-refractivity contribution is 5.69. The molecule has 136 valence electrons. The summed E-state index contributed by atoms with van der Waals surface area (Å²) in [5.41, 5.74) is 9.42. The van der Waals surface area contributed by atoms with Crippen LogP contribution in [0.15, 0.2) is 42.5 Å². The molecule has 0 aliphatic heterocycles. The molecular formula is C20H20F3N3. The van der Waals surface area contributed by atoms with E-state index in [2.05, 4.69) is 5.10 Å². The first-order valence-electron chi connectivity index (χ1n) is 8.35. The Kier molecular flexibility index (Phi) is 4.52. The van der Waals surface area contributed by atoms with Crippen molar-refractivity contribution in [2.45, 2.75) is 33.4 Å². The van der Waals surface area contributed by atoms with Crippen LogP contribution < -0.4 is 5.73 Å². The predicted octanol–water partition coefficient (Wildman–Crippen LogP) is 5.32. The molecule has 0 aliphatic carbocycles. The van der Waals surface area contributed by atoms with Gasteiger partial charge in [0, 0.05) is 16.8 Å². The van der Waals surface area contributed by atoms with Gasteiger partial charge in [-0.1, -0.05) is 19.1 Å². The molecule has 0 bridgehead atoms. The van der Waals surface area contributed by atoms with E-state index >= 15 is 0 Å².